The van der Waals surface area contributed by atoms with E-state index in [0.717, 1.165) is 22.4 Å². The van der Waals surface area contributed by atoms with Gasteiger partial charge < -0.3 is 29.0 Å². The van der Waals surface area contributed by atoms with Crippen LogP contribution in [0.5, 0.6) is 11.5 Å². The third kappa shape index (κ3) is 11.4. The van der Waals surface area contributed by atoms with Crippen LogP contribution in [-0.4, -0.2) is 76.3 Å². The van der Waals surface area contributed by atoms with Crippen molar-refractivity contribution in [3.63, 3.8) is 0 Å². The summed E-state index contributed by atoms with van der Waals surface area (Å²) in [6.45, 7) is 2.00. The Morgan fingerprint density at radius 1 is 0.761 bits per heavy atom. The van der Waals surface area contributed by atoms with Crippen molar-refractivity contribution in [1.82, 2.24) is 13.9 Å². The van der Waals surface area contributed by atoms with E-state index in [9.17, 15) is 23.1 Å². The Hall–Kier alpha value is -6.43. The number of aromatic nitrogens is 2. The molecule has 352 valence electrons. The van der Waals surface area contributed by atoms with Crippen LogP contribution >= 0.6 is 0 Å². The number of hydrogen-bond donors (Lipinski definition) is 2. The van der Waals surface area contributed by atoms with Crippen LogP contribution in [0.3, 0.4) is 0 Å². The lowest BCUT2D eigenvalue weighted by atomic mass is 9.80. The zero-order chi connectivity index (χ0) is 47.6. The highest BCUT2D eigenvalue weighted by Crippen LogP contribution is 2.43. The van der Waals surface area contributed by atoms with Crippen LogP contribution in [0.4, 0.5) is 17.1 Å². The van der Waals surface area contributed by atoms with Crippen LogP contribution in [0.25, 0.3) is 0 Å². The van der Waals surface area contributed by atoms with Gasteiger partial charge in [0.25, 0.3) is 5.56 Å². The molecule has 67 heavy (non-hydrogen) atoms. The molecule has 0 aliphatic carbocycles. The summed E-state index contributed by atoms with van der Waals surface area (Å²) in [5.41, 5.74) is 3.01. The summed E-state index contributed by atoms with van der Waals surface area (Å²) < 4.78 is 55.5. The van der Waals surface area contributed by atoms with Crippen LogP contribution in [0, 0.1) is 6.92 Å². The summed E-state index contributed by atoms with van der Waals surface area (Å²) in [7, 11) is 3.39. The molecule has 2 heterocycles. The summed E-state index contributed by atoms with van der Waals surface area (Å²) in [5, 5.41) is 19.9. The van der Waals surface area contributed by atoms with Gasteiger partial charge in [-0.1, -0.05) is 67.4 Å². The maximum atomic E-state index is 13.9. The first-order valence-electron chi connectivity index (χ1n) is 22.3. The minimum Gasteiger partial charge on any atom is -0.497 e. The van der Waals surface area contributed by atoms with E-state index in [1.54, 1.807) is 33.3 Å². The fourth-order valence-corrected chi connectivity index (χ4v) is 9.22. The molecule has 2 N–H and O–H groups in total. The first kappa shape index (κ1) is 48.5. The van der Waals surface area contributed by atoms with Gasteiger partial charge in [-0.3, -0.25) is 13.9 Å². The molecule has 1 aromatic heterocycles. The molecule has 1 aliphatic heterocycles. The summed E-state index contributed by atoms with van der Waals surface area (Å²) in [5.74, 6) is 1.37. The van der Waals surface area contributed by atoms with E-state index in [1.165, 1.54) is 27.5 Å². The van der Waals surface area contributed by atoms with Crippen molar-refractivity contribution in [2.75, 3.05) is 46.4 Å². The lowest BCUT2D eigenvalue weighted by Crippen LogP contribution is -2.42. The molecular weight excluding hydrogens is 873 g/mol. The zero-order valence-corrected chi connectivity index (χ0v) is 39.3. The van der Waals surface area contributed by atoms with E-state index in [0.29, 0.717) is 54.1 Å². The van der Waals surface area contributed by atoms with Crippen LogP contribution in [-0.2, 0) is 31.6 Å². The number of aliphatic hydroxyl groups excluding tert-OH is 1. The smallest absolute Gasteiger partial charge is 0.333 e. The molecule has 1 fully saturated rings. The molecule has 1 aliphatic rings. The Labute approximate surface area is 391 Å². The fraction of sp³-hybridized carbons (Fsp3) is 0.333. The maximum absolute atomic E-state index is 13.9. The molecule has 0 saturated carbocycles. The minimum atomic E-state index is -3.75. The van der Waals surface area contributed by atoms with Gasteiger partial charge >= 0.3 is 5.69 Å². The number of sulfonamides is 1. The van der Waals surface area contributed by atoms with Crippen molar-refractivity contribution >= 4 is 27.1 Å². The number of unbranched alkanes of at least 4 members (excludes halogenated alkanes) is 3. The number of azo groups is 1. The van der Waals surface area contributed by atoms with Crippen LogP contribution in [0.1, 0.15) is 60.6 Å². The molecule has 0 unspecified atom stereocenters. The van der Waals surface area contributed by atoms with Gasteiger partial charge in [0.2, 0.25) is 10.0 Å². The standard InChI is InChI=1S/C51H58N6O9S/c1-36-34-57(48-33-46(58)47(66-48)35-65-51(37-13-9-8-10-14-37,38-15-25-43(63-4)26-16-38)39-17-27-44(64-5)28-18-39)50(60)56(49(36)59)32-12-7-6-11-31-52-67(61,62)45-29-21-41(22-30-45)54-53-40-19-23-42(24-20-40)55(2)3/h8-10,13-30,34,46-48,52,58H,6-7,11-12,31-33,35H2,1-5H3/t46-,47-,48-/m1/s1. The number of aliphatic hydroxyl groups is 1. The second kappa shape index (κ2) is 21.9. The van der Waals surface area contributed by atoms with Gasteiger partial charge in [-0.25, -0.2) is 17.9 Å². The highest BCUT2D eigenvalue weighted by Gasteiger charge is 2.42. The predicted octanol–water partition coefficient (Wildman–Crippen LogP) is 8.01. The summed E-state index contributed by atoms with van der Waals surface area (Å²) in [6.07, 6.45) is 1.34. The van der Waals surface area contributed by atoms with E-state index in [2.05, 4.69) is 15.0 Å². The summed E-state index contributed by atoms with van der Waals surface area (Å²) in [4.78, 5) is 29.3. The van der Waals surface area contributed by atoms with Gasteiger partial charge in [0.15, 0.2) is 0 Å². The topological polar surface area (TPSA) is 175 Å². The van der Waals surface area contributed by atoms with Gasteiger partial charge in [0.1, 0.15) is 29.4 Å². The van der Waals surface area contributed by atoms with Crippen molar-refractivity contribution in [3.05, 3.63) is 177 Å². The largest absolute Gasteiger partial charge is 0.497 e. The molecule has 3 atom stereocenters. The van der Waals surface area contributed by atoms with Crippen molar-refractivity contribution in [2.24, 2.45) is 10.2 Å². The zero-order valence-electron chi connectivity index (χ0n) is 38.4. The molecule has 0 bridgehead atoms. The average molecular weight is 931 g/mol. The van der Waals surface area contributed by atoms with Crippen LogP contribution in [0.15, 0.2) is 158 Å². The van der Waals surface area contributed by atoms with E-state index >= 15 is 0 Å². The molecule has 1 saturated heterocycles. The summed E-state index contributed by atoms with van der Waals surface area (Å²) in [6, 6.07) is 38.9. The number of aryl methyl sites for hydroxylation is 1. The van der Waals surface area contributed by atoms with Crippen molar-refractivity contribution in [3.8, 4) is 11.5 Å². The lowest BCUT2D eigenvalue weighted by Gasteiger charge is -2.37. The van der Waals surface area contributed by atoms with E-state index < -0.39 is 45.3 Å². The number of nitrogens with zero attached hydrogens (tertiary/aromatic N) is 5. The Morgan fingerprint density at radius 3 is 1.88 bits per heavy atom. The number of anilines is 1. The number of hydrogen-bond acceptors (Lipinski definition) is 12. The van der Waals surface area contributed by atoms with Crippen molar-refractivity contribution < 1.29 is 32.5 Å². The van der Waals surface area contributed by atoms with Gasteiger partial charge in [-0.2, -0.15) is 10.2 Å². The first-order valence-corrected chi connectivity index (χ1v) is 23.7. The summed E-state index contributed by atoms with van der Waals surface area (Å²) >= 11 is 0. The molecular formula is C51H58N6O9S. The Bertz CT molecular complexity index is 2770. The molecule has 16 heteroatoms. The van der Waals surface area contributed by atoms with Crippen LogP contribution in [0.2, 0.25) is 0 Å². The first-order chi connectivity index (χ1) is 32.3. The van der Waals surface area contributed by atoms with E-state index in [4.69, 9.17) is 18.9 Å². The minimum absolute atomic E-state index is 0.0409. The normalized spacial score (nSPS) is 16.4. The second-order valence-corrected chi connectivity index (χ2v) is 18.4. The number of benzene rings is 5. The highest BCUT2D eigenvalue weighted by atomic mass is 32.2. The third-order valence-electron chi connectivity index (χ3n) is 11.9. The lowest BCUT2D eigenvalue weighted by molar-refractivity contribution is -0.0946. The van der Waals surface area contributed by atoms with E-state index in [-0.39, 0.29) is 31.0 Å². The molecule has 15 nitrogen and oxygen atoms in total. The van der Waals surface area contributed by atoms with E-state index in [1.807, 2.05) is 122 Å². The van der Waals surface area contributed by atoms with Crippen molar-refractivity contribution in [1.29, 1.82) is 0 Å². The maximum Gasteiger partial charge on any atom is 0.333 e. The Morgan fingerprint density at radius 2 is 1.31 bits per heavy atom. The van der Waals surface area contributed by atoms with Gasteiger partial charge in [0.05, 0.1) is 43.2 Å². The molecule has 5 aromatic carbocycles. The number of nitrogens with one attached hydrogen (secondary N) is 1. The van der Waals surface area contributed by atoms with Crippen LogP contribution < -0.4 is 30.3 Å². The molecule has 0 radical (unpaired) electrons. The monoisotopic (exact) mass is 930 g/mol. The number of rotatable bonds is 21. The number of methoxy groups -OCH3 is 2. The van der Waals surface area contributed by atoms with Gasteiger partial charge in [-0.15, -0.1) is 0 Å². The molecule has 6 aromatic rings. The average Bonchev–Trinajstić information content (AvgIpc) is 3.73. The fourth-order valence-electron chi connectivity index (χ4n) is 8.14. The Kier molecular flexibility index (Phi) is 15.9. The van der Waals surface area contributed by atoms with Gasteiger partial charge in [-0.05, 0) is 109 Å². The third-order valence-corrected chi connectivity index (χ3v) is 13.4. The Balaban J connectivity index is 0.952. The quantitative estimate of drug-likeness (QED) is 0.0409. The predicted molar refractivity (Wildman–Crippen MR) is 258 cm³/mol. The van der Waals surface area contributed by atoms with Crippen molar-refractivity contribution in [2.45, 2.75) is 74.5 Å². The molecule has 0 spiro atoms. The van der Waals surface area contributed by atoms with Gasteiger partial charge in [0, 0.05) is 51.1 Å². The highest BCUT2D eigenvalue weighted by molar-refractivity contribution is 7.89. The molecule has 7 rings (SSSR count). The second-order valence-electron chi connectivity index (χ2n) is 16.6. The SMILES string of the molecule is COc1ccc(C(OC[C@H]2O[C@@H](n3cc(C)c(=O)n(CCCCCCNS(=O)(=O)c4ccc(N=Nc5ccc(N(C)C)cc5)cc4)c3=O)C[C@H]2O)(c2ccccc2)c2ccc(OC)cc2)cc1. The number of ether oxygens (including phenoxy) is 4. The molecule has 0 amide bonds.